The van der Waals surface area contributed by atoms with Crippen molar-refractivity contribution in [3.8, 4) is 0 Å². The molecule has 0 bridgehead atoms. The number of carbonyl (C=O) groups excluding carboxylic acids is 2. The largest absolute Gasteiger partial charge is 0.444 e. The number of amides is 2. The van der Waals surface area contributed by atoms with Crippen molar-refractivity contribution in [1.82, 2.24) is 14.6 Å². The molecule has 2 saturated carbocycles. The third-order valence-corrected chi connectivity index (χ3v) is 10.6. The minimum absolute atomic E-state index is 0.00232. The van der Waals surface area contributed by atoms with Gasteiger partial charge in [-0.05, 0) is 114 Å². The SMILES string of the molecule is CC(C)(C)OC(=O)N1C[C@@](O)(C2CC2)C[C@@H]1C(=O)Nc1cc(C(CCC2CC2)(NS(=O)C(C)(C)C)c2ccncc2)ccc1F. The molecule has 3 aliphatic rings. The summed E-state index contributed by atoms with van der Waals surface area (Å²) >= 11 is 0. The Morgan fingerprint density at radius 3 is 2.31 bits per heavy atom. The lowest BCUT2D eigenvalue weighted by atomic mass is 9.79. The molecule has 45 heavy (non-hydrogen) atoms. The van der Waals surface area contributed by atoms with E-state index < -0.39 is 56.3 Å². The highest BCUT2D eigenvalue weighted by molar-refractivity contribution is 7.84. The van der Waals surface area contributed by atoms with Crippen molar-refractivity contribution in [3.63, 3.8) is 0 Å². The lowest BCUT2D eigenvalue weighted by Gasteiger charge is -2.38. The van der Waals surface area contributed by atoms with E-state index in [-0.39, 0.29) is 24.6 Å². The molecule has 2 aliphatic carbocycles. The van der Waals surface area contributed by atoms with Crippen LogP contribution < -0.4 is 10.0 Å². The zero-order chi connectivity index (χ0) is 32.8. The Bertz CT molecular complexity index is 1440. The van der Waals surface area contributed by atoms with Crippen LogP contribution in [0.3, 0.4) is 0 Å². The number of aliphatic hydroxyl groups is 1. The normalized spacial score (nSPS) is 24.2. The highest BCUT2D eigenvalue weighted by Crippen LogP contribution is 2.47. The number of pyridine rings is 1. The molecule has 3 fully saturated rings. The number of ether oxygens (including phenoxy) is 1. The molecule has 5 rings (SSSR count). The van der Waals surface area contributed by atoms with Gasteiger partial charge in [0.25, 0.3) is 0 Å². The third-order valence-electron chi connectivity index (χ3n) is 8.97. The van der Waals surface area contributed by atoms with Crippen LogP contribution in [0, 0.1) is 17.7 Å². The Morgan fingerprint density at radius 2 is 1.73 bits per heavy atom. The minimum Gasteiger partial charge on any atom is -0.444 e. The molecule has 0 spiro atoms. The van der Waals surface area contributed by atoms with E-state index in [1.54, 1.807) is 45.3 Å². The van der Waals surface area contributed by atoms with Gasteiger partial charge >= 0.3 is 6.09 Å². The van der Waals surface area contributed by atoms with Crippen molar-refractivity contribution < 1.29 is 28.0 Å². The van der Waals surface area contributed by atoms with Crippen molar-refractivity contribution in [2.24, 2.45) is 11.8 Å². The van der Waals surface area contributed by atoms with Gasteiger partial charge in [0.15, 0.2) is 0 Å². The second-order valence-corrected chi connectivity index (χ2v) is 17.0. The fourth-order valence-corrected chi connectivity index (χ4v) is 7.04. The molecule has 1 saturated heterocycles. The molecule has 2 aromatic rings. The monoisotopic (exact) mass is 642 g/mol. The van der Waals surface area contributed by atoms with Gasteiger partial charge < -0.3 is 15.2 Å². The number of hydrogen-bond donors (Lipinski definition) is 3. The van der Waals surface area contributed by atoms with Crippen LogP contribution in [-0.2, 0) is 26.1 Å². The molecule has 3 N–H and O–H groups in total. The van der Waals surface area contributed by atoms with Gasteiger partial charge in [-0.3, -0.25) is 14.7 Å². The number of anilines is 1. The second kappa shape index (κ2) is 12.4. The highest BCUT2D eigenvalue weighted by Gasteiger charge is 2.55. The summed E-state index contributed by atoms with van der Waals surface area (Å²) in [6, 6.07) is 7.27. The first kappa shape index (κ1) is 33.5. The summed E-state index contributed by atoms with van der Waals surface area (Å²) in [6.45, 7) is 10.9. The summed E-state index contributed by atoms with van der Waals surface area (Å²) in [6.07, 6.45) is 8.12. The Balaban J connectivity index is 1.50. The Labute approximate surface area is 268 Å². The molecule has 1 aromatic heterocycles. The molecule has 1 aromatic carbocycles. The van der Waals surface area contributed by atoms with Gasteiger partial charge in [-0.1, -0.05) is 18.9 Å². The van der Waals surface area contributed by atoms with Crippen LogP contribution in [0.2, 0.25) is 0 Å². The number of nitrogens with one attached hydrogen (secondary N) is 2. The maximum absolute atomic E-state index is 15.5. The molecule has 2 heterocycles. The van der Waals surface area contributed by atoms with Gasteiger partial charge in [0.1, 0.15) is 17.5 Å². The van der Waals surface area contributed by atoms with E-state index >= 15 is 4.39 Å². The van der Waals surface area contributed by atoms with E-state index in [0.717, 1.165) is 37.7 Å². The maximum Gasteiger partial charge on any atom is 0.411 e. The molecule has 1 aliphatic heterocycles. The van der Waals surface area contributed by atoms with Crippen molar-refractivity contribution >= 4 is 28.7 Å². The molecule has 4 atom stereocenters. The number of rotatable bonds is 10. The number of likely N-dealkylation sites (tertiary alicyclic amines) is 1. The van der Waals surface area contributed by atoms with Crippen LogP contribution in [0.5, 0.6) is 0 Å². The van der Waals surface area contributed by atoms with E-state index in [1.807, 2.05) is 32.9 Å². The minimum atomic E-state index is -1.49. The van der Waals surface area contributed by atoms with Crippen LogP contribution in [0.1, 0.15) is 97.6 Å². The first-order chi connectivity index (χ1) is 21.0. The molecule has 9 nitrogen and oxygen atoms in total. The first-order valence-electron chi connectivity index (χ1n) is 15.9. The summed E-state index contributed by atoms with van der Waals surface area (Å²) in [5.41, 5.74) is -1.54. The number of aromatic nitrogens is 1. The summed E-state index contributed by atoms with van der Waals surface area (Å²) < 4.78 is 37.6. The number of β-amino-alcohol motifs (C(OH)–C–C–N with tert-alkyl or cyclic N) is 1. The second-order valence-electron chi connectivity index (χ2n) is 15.0. The highest BCUT2D eigenvalue weighted by atomic mass is 32.2. The van der Waals surface area contributed by atoms with Gasteiger partial charge in [0, 0.05) is 18.8 Å². The standard InChI is InChI=1S/C34H47FN4O5S/c1-31(2,3)44-30(41)39-21-33(42,23-9-10-23)20-28(39)29(40)37-27-19-25(11-12-26(27)35)34(16-13-22-7-8-22,24-14-17-36-18-15-24)38-45(43)32(4,5)6/h11-12,14-15,17-19,22-23,28,38,42H,7-10,13,16,20-21H2,1-6H3,(H,37,40)/t28-,33-,34?,45?/m1/s1. The molecule has 2 unspecified atom stereocenters. The topological polar surface area (TPSA) is 121 Å². The van der Waals surface area contributed by atoms with Crippen LogP contribution in [0.15, 0.2) is 42.7 Å². The maximum atomic E-state index is 15.5. The third kappa shape index (κ3) is 7.74. The van der Waals surface area contributed by atoms with Crippen LogP contribution >= 0.6 is 0 Å². The van der Waals surface area contributed by atoms with Crippen LogP contribution in [0.4, 0.5) is 14.9 Å². The summed E-state index contributed by atoms with van der Waals surface area (Å²) in [5.74, 6) is -0.675. The number of carbonyl (C=O) groups is 2. The Hall–Kier alpha value is -2.89. The zero-order valence-corrected chi connectivity index (χ0v) is 28.0. The van der Waals surface area contributed by atoms with Crippen molar-refractivity contribution in [1.29, 1.82) is 0 Å². The van der Waals surface area contributed by atoms with E-state index in [0.29, 0.717) is 17.9 Å². The molecule has 2 amide bonds. The Kier molecular flexibility index (Phi) is 9.20. The lowest BCUT2D eigenvalue weighted by Crippen LogP contribution is -2.49. The average molecular weight is 643 g/mol. The van der Waals surface area contributed by atoms with Crippen molar-refractivity contribution in [2.45, 2.75) is 114 Å². The van der Waals surface area contributed by atoms with Gasteiger partial charge in [-0.2, -0.15) is 0 Å². The van der Waals surface area contributed by atoms with E-state index in [4.69, 9.17) is 4.74 Å². The van der Waals surface area contributed by atoms with Crippen LogP contribution in [-0.4, -0.2) is 59.7 Å². The number of halogens is 1. The van der Waals surface area contributed by atoms with Crippen LogP contribution in [0.25, 0.3) is 0 Å². The predicted octanol–water partition coefficient (Wildman–Crippen LogP) is 5.80. The average Bonchev–Trinajstić information content (AvgIpc) is 3.89. The lowest BCUT2D eigenvalue weighted by molar-refractivity contribution is -0.120. The molecule has 11 heteroatoms. The number of hydrogen-bond acceptors (Lipinski definition) is 6. The summed E-state index contributed by atoms with van der Waals surface area (Å²) in [5, 5.41) is 14.1. The van der Waals surface area contributed by atoms with Gasteiger partial charge in [0.2, 0.25) is 5.91 Å². The zero-order valence-electron chi connectivity index (χ0n) is 27.2. The van der Waals surface area contributed by atoms with Gasteiger partial charge in [0.05, 0.1) is 39.1 Å². The molecular formula is C34H47FN4O5S. The van der Waals surface area contributed by atoms with E-state index in [2.05, 4.69) is 15.0 Å². The quantitative estimate of drug-likeness (QED) is 0.302. The predicted molar refractivity (Wildman–Crippen MR) is 172 cm³/mol. The first-order valence-corrected chi connectivity index (χ1v) is 17.1. The molecule has 0 radical (unpaired) electrons. The van der Waals surface area contributed by atoms with Crippen molar-refractivity contribution in [3.05, 3.63) is 59.7 Å². The van der Waals surface area contributed by atoms with Gasteiger partial charge in [-0.15, -0.1) is 0 Å². The number of nitrogens with zero attached hydrogens (tertiary/aromatic N) is 2. The van der Waals surface area contributed by atoms with E-state index in [1.165, 1.54) is 11.0 Å². The fourth-order valence-electron chi connectivity index (χ4n) is 6.08. The number of benzene rings is 1. The summed E-state index contributed by atoms with van der Waals surface area (Å²) in [4.78, 5) is 32.5. The Morgan fingerprint density at radius 1 is 1.07 bits per heavy atom. The molecule has 246 valence electrons. The smallest absolute Gasteiger partial charge is 0.411 e. The van der Waals surface area contributed by atoms with Gasteiger partial charge in [-0.25, -0.2) is 18.1 Å². The summed E-state index contributed by atoms with van der Waals surface area (Å²) in [7, 11) is -1.49. The fraction of sp³-hybridized carbons (Fsp3) is 0.618. The van der Waals surface area contributed by atoms with E-state index in [9.17, 15) is 18.9 Å². The van der Waals surface area contributed by atoms with Crippen molar-refractivity contribution in [2.75, 3.05) is 11.9 Å². The molecular weight excluding hydrogens is 595 g/mol.